The van der Waals surface area contributed by atoms with Crippen molar-refractivity contribution in [2.24, 2.45) is 0 Å². The molecule has 0 bridgehead atoms. The summed E-state index contributed by atoms with van der Waals surface area (Å²) in [6.07, 6.45) is 3.64. The van der Waals surface area contributed by atoms with E-state index in [0.29, 0.717) is 0 Å². The van der Waals surface area contributed by atoms with Crippen molar-refractivity contribution in [1.82, 2.24) is 4.98 Å². The molecule has 0 radical (unpaired) electrons. The topological polar surface area (TPSA) is 33.1 Å². The van der Waals surface area contributed by atoms with Crippen LogP contribution < -0.4 is 0 Å². The molecule has 0 unspecified atom stereocenters. The Kier molecular flexibility index (Phi) is 2.46. The molecule has 0 saturated heterocycles. The summed E-state index contributed by atoms with van der Waals surface area (Å²) in [7, 11) is 0. The molecule has 2 aromatic rings. The van der Waals surface area contributed by atoms with E-state index in [0.717, 1.165) is 5.39 Å². The van der Waals surface area contributed by atoms with Gasteiger partial charge in [0.15, 0.2) is 0 Å². The maximum absolute atomic E-state index is 9.05. The Morgan fingerprint density at radius 3 is 2.93 bits per heavy atom. The third-order valence-corrected chi connectivity index (χ3v) is 2.51. The van der Waals surface area contributed by atoms with Gasteiger partial charge < -0.3 is 5.11 Å². The summed E-state index contributed by atoms with van der Waals surface area (Å²) in [5.74, 6) is 0.201. The molecular formula is C12H13NO. The van der Waals surface area contributed by atoms with Gasteiger partial charge in [-0.3, -0.25) is 4.98 Å². The summed E-state index contributed by atoms with van der Waals surface area (Å²) in [5, 5.41) is 11.4. The highest BCUT2D eigenvalue weighted by atomic mass is 16.3. The van der Waals surface area contributed by atoms with E-state index in [9.17, 15) is 0 Å². The lowest BCUT2D eigenvalue weighted by Crippen LogP contribution is -1.98. The van der Waals surface area contributed by atoms with Crippen molar-refractivity contribution < 1.29 is 5.11 Å². The molecule has 1 aromatic carbocycles. The molecule has 14 heavy (non-hydrogen) atoms. The molecule has 72 valence electrons. The lowest BCUT2D eigenvalue weighted by Gasteiger charge is -2.08. The first-order chi connectivity index (χ1) is 6.81. The second kappa shape index (κ2) is 3.76. The summed E-state index contributed by atoms with van der Waals surface area (Å²) in [4.78, 5) is 4.06. The fraction of sp³-hybridized carbons (Fsp3) is 0.250. The number of rotatable bonds is 2. The lowest BCUT2D eigenvalue weighted by molar-refractivity contribution is 0.273. The van der Waals surface area contributed by atoms with Crippen molar-refractivity contribution in [2.45, 2.75) is 12.8 Å². The van der Waals surface area contributed by atoms with Crippen molar-refractivity contribution in [3.8, 4) is 0 Å². The van der Waals surface area contributed by atoms with Gasteiger partial charge in [0.1, 0.15) is 0 Å². The highest BCUT2D eigenvalue weighted by Gasteiger charge is 2.03. The molecule has 0 aliphatic carbocycles. The SMILES string of the molecule is C[C@@H](CO)c1ccc2cnccc2c1. The minimum Gasteiger partial charge on any atom is -0.396 e. The molecule has 0 spiro atoms. The Morgan fingerprint density at radius 2 is 2.14 bits per heavy atom. The maximum Gasteiger partial charge on any atom is 0.0497 e. The fourth-order valence-corrected chi connectivity index (χ4v) is 1.51. The summed E-state index contributed by atoms with van der Waals surface area (Å²) >= 11 is 0. The second-order valence-corrected chi connectivity index (χ2v) is 3.57. The van der Waals surface area contributed by atoms with E-state index >= 15 is 0 Å². The zero-order valence-electron chi connectivity index (χ0n) is 8.14. The van der Waals surface area contributed by atoms with Crippen molar-refractivity contribution in [3.05, 3.63) is 42.2 Å². The van der Waals surface area contributed by atoms with Crippen LogP contribution in [0.1, 0.15) is 18.4 Å². The second-order valence-electron chi connectivity index (χ2n) is 3.57. The minimum atomic E-state index is 0.191. The van der Waals surface area contributed by atoms with Gasteiger partial charge in [0, 0.05) is 30.3 Å². The van der Waals surface area contributed by atoms with Crippen LogP contribution in [-0.2, 0) is 0 Å². The van der Waals surface area contributed by atoms with Gasteiger partial charge in [-0.15, -0.1) is 0 Å². The van der Waals surface area contributed by atoms with Crippen LogP contribution in [0, 0.1) is 0 Å². The summed E-state index contributed by atoms with van der Waals surface area (Å²) < 4.78 is 0. The number of aliphatic hydroxyl groups is 1. The third kappa shape index (κ3) is 1.61. The van der Waals surface area contributed by atoms with Crippen LogP contribution >= 0.6 is 0 Å². The Morgan fingerprint density at radius 1 is 1.29 bits per heavy atom. The molecule has 0 aliphatic rings. The zero-order valence-corrected chi connectivity index (χ0v) is 8.14. The molecule has 0 fully saturated rings. The molecule has 0 saturated carbocycles. The van der Waals surface area contributed by atoms with E-state index in [1.807, 2.05) is 31.3 Å². The van der Waals surface area contributed by atoms with Crippen LogP contribution in [0.15, 0.2) is 36.7 Å². The highest BCUT2D eigenvalue weighted by molar-refractivity contribution is 5.82. The predicted molar refractivity (Wildman–Crippen MR) is 57.2 cm³/mol. The van der Waals surface area contributed by atoms with E-state index in [4.69, 9.17) is 5.11 Å². The van der Waals surface area contributed by atoms with Gasteiger partial charge in [0.2, 0.25) is 0 Å². The summed E-state index contributed by atoms with van der Waals surface area (Å²) in [6, 6.07) is 8.19. The number of aliphatic hydroxyl groups excluding tert-OH is 1. The number of hydrogen-bond acceptors (Lipinski definition) is 2. The average molecular weight is 187 g/mol. The standard InChI is InChI=1S/C12H13NO/c1-9(8-14)10-2-3-12-7-13-5-4-11(12)6-10/h2-7,9,14H,8H2,1H3/t9-/m0/s1. The van der Waals surface area contributed by atoms with E-state index in [1.54, 1.807) is 6.20 Å². The number of nitrogens with zero attached hydrogens (tertiary/aromatic N) is 1. The summed E-state index contributed by atoms with van der Waals surface area (Å²) in [6.45, 7) is 2.21. The largest absolute Gasteiger partial charge is 0.396 e. The monoisotopic (exact) mass is 187 g/mol. The normalized spacial score (nSPS) is 13.0. The van der Waals surface area contributed by atoms with Gasteiger partial charge in [0.25, 0.3) is 0 Å². The predicted octanol–water partition coefficient (Wildman–Crippen LogP) is 2.33. The Balaban J connectivity index is 2.51. The minimum absolute atomic E-state index is 0.191. The van der Waals surface area contributed by atoms with Gasteiger partial charge in [-0.25, -0.2) is 0 Å². The number of aromatic nitrogens is 1. The van der Waals surface area contributed by atoms with Gasteiger partial charge in [0.05, 0.1) is 0 Å². The molecule has 2 rings (SSSR count). The first-order valence-electron chi connectivity index (χ1n) is 4.76. The van der Waals surface area contributed by atoms with Gasteiger partial charge >= 0.3 is 0 Å². The Labute approximate surface area is 83.2 Å². The van der Waals surface area contributed by atoms with E-state index < -0.39 is 0 Å². The highest BCUT2D eigenvalue weighted by Crippen LogP contribution is 2.20. The fourth-order valence-electron chi connectivity index (χ4n) is 1.51. The quantitative estimate of drug-likeness (QED) is 0.782. The van der Waals surface area contributed by atoms with Crippen molar-refractivity contribution >= 4 is 10.8 Å². The average Bonchev–Trinajstić information content (AvgIpc) is 2.27. The van der Waals surface area contributed by atoms with Crippen LogP contribution in [0.25, 0.3) is 10.8 Å². The molecule has 0 aliphatic heterocycles. The van der Waals surface area contributed by atoms with Gasteiger partial charge in [-0.1, -0.05) is 25.1 Å². The molecule has 1 heterocycles. The van der Waals surface area contributed by atoms with Crippen LogP contribution in [0.3, 0.4) is 0 Å². The third-order valence-electron chi connectivity index (χ3n) is 2.51. The van der Waals surface area contributed by atoms with Crippen LogP contribution in [-0.4, -0.2) is 16.7 Å². The smallest absolute Gasteiger partial charge is 0.0497 e. The van der Waals surface area contributed by atoms with E-state index in [2.05, 4.69) is 11.1 Å². The molecule has 2 heteroatoms. The van der Waals surface area contributed by atoms with Gasteiger partial charge in [-0.05, 0) is 17.0 Å². The van der Waals surface area contributed by atoms with E-state index in [1.165, 1.54) is 10.9 Å². The van der Waals surface area contributed by atoms with Crippen LogP contribution in [0.5, 0.6) is 0 Å². The molecule has 1 N–H and O–H groups in total. The first kappa shape index (κ1) is 9.16. The maximum atomic E-state index is 9.05. The van der Waals surface area contributed by atoms with Crippen molar-refractivity contribution in [3.63, 3.8) is 0 Å². The number of benzene rings is 1. The van der Waals surface area contributed by atoms with Crippen molar-refractivity contribution in [2.75, 3.05) is 6.61 Å². The molecule has 1 atom stereocenters. The van der Waals surface area contributed by atoms with Crippen LogP contribution in [0.2, 0.25) is 0 Å². The number of fused-ring (bicyclic) bond motifs is 1. The molecular weight excluding hydrogens is 174 g/mol. The molecule has 2 nitrogen and oxygen atoms in total. The molecule has 0 amide bonds. The Bertz CT molecular complexity index is 439. The Hall–Kier alpha value is -1.41. The lowest BCUT2D eigenvalue weighted by atomic mass is 9.99. The zero-order chi connectivity index (χ0) is 9.97. The van der Waals surface area contributed by atoms with E-state index in [-0.39, 0.29) is 12.5 Å². The first-order valence-corrected chi connectivity index (χ1v) is 4.76. The van der Waals surface area contributed by atoms with Gasteiger partial charge in [-0.2, -0.15) is 0 Å². The van der Waals surface area contributed by atoms with Crippen molar-refractivity contribution in [1.29, 1.82) is 0 Å². The number of pyridine rings is 1. The van der Waals surface area contributed by atoms with Crippen LogP contribution in [0.4, 0.5) is 0 Å². The summed E-state index contributed by atoms with van der Waals surface area (Å²) in [5.41, 5.74) is 1.17. The molecule has 1 aromatic heterocycles. The number of hydrogen-bond donors (Lipinski definition) is 1.